The van der Waals surface area contributed by atoms with E-state index in [-0.39, 0.29) is 0 Å². The third kappa shape index (κ3) is 3.26. The fourth-order valence-electron chi connectivity index (χ4n) is 1.20. The Labute approximate surface area is 104 Å². The summed E-state index contributed by atoms with van der Waals surface area (Å²) in [6, 6.07) is 5.65. The Hall–Kier alpha value is -0.440. The first kappa shape index (κ1) is 12.6. The summed E-state index contributed by atoms with van der Waals surface area (Å²) in [5, 5.41) is 2.58. The van der Waals surface area contributed by atoms with Crippen molar-refractivity contribution in [2.24, 2.45) is 0 Å². The molecule has 0 heterocycles. The summed E-state index contributed by atoms with van der Waals surface area (Å²) in [4.78, 5) is 11.4. The predicted molar refractivity (Wildman–Crippen MR) is 64.8 cm³/mol. The molecule has 0 fully saturated rings. The number of amides is 1. The topological polar surface area (TPSA) is 29.1 Å². The number of anilines is 1. The normalized spacial score (nSPS) is 11.3. The number of halogens is 3. The van der Waals surface area contributed by atoms with Gasteiger partial charge in [0.1, 0.15) is 0 Å². The van der Waals surface area contributed by atoms with Crippen LogP contribution in [0.25, 0.3) is 0 Å². The van der Waals surface area contributed by atoms with Gasteiger partial charge in [0.2, 0.25) is 0 Å². The van der Waals surface area contributed by atoms with Crippen LogP contribution in [0.4, 0.5) is 5.69 Å². The minimum atomic E-state index is -1.94. The number of hydrogen-bond donors (Lipinski definition) is 1. The number of alkyl halides is 3. The average molecular weight is 267 g/mol. The van der Waals surface area contributed by atoms with E-state index < -0.39 is 9.70 Å². The van der Waals surface area contributed by atoms with Crippen LogP contribution in [0.1, 0.15) is 11.1 Å². The van der Waals surface area contributed by atoms with E-state index in [2.05, 4.69) is 5.32 Å². The van der Waals surface area contributed by atoms with Gasteiger partial charge in [0.15, 0.2) is 0 Å². The molecule has 5 heteroatoms. The highest BCUT2D eigenvalue weighted by Crippen LogP contribution is 2.29. The molecule has 1 rings (SSSR count). The Balaban J connectivity index is 2.95. The van der Waals surface area contributed by atoms with Gasteiger partial charge in [-0.05, 0) is 25.0 Å². The van der Waals surface area contributed by atoms with Crippen molar-refractivity contribution in [2.45, 2.75) is 17.6 Å². The fourth-order valence-corrected chi connectivity index (χ4v) is 1.34. The highest BCUT2D eigenvalue weighted by atomic mass is 35.6. The van der Waals surface area contributed by atoms with E-state index in [4.69, 9.17) is 34.8 Å². The minimum absolute atomic E-state index is 0.648. The molecule has 82 valence electrons. The van der Waals surface area contributed by atoms with Crippen molar-refractivity contribution in [3.63, 3.8) is 0 Å². The third-order valence-electron chi connectivity index (χ3n) is 1.98. The maximum Gasteiger partial charge on any atom is 0.276 e. The molecule has 0 unspecified atom stereocenters. The van der Waals surface area contributed by atoms with Gasteiger partial charge in [-0.1, -0.05) is 53.0 Å². The lowest BCUT2D eigenvalue weighted by atomic mass is 10.1. The summed E-state index contributed by atoms with van der Waals surface area (Å²) in [5.41, 5.74) is 2.55. The van der Waals surface area contributed by atoms with Crippen LogP contribution in [0.15, 0.2) is 18.2 Å². The van der Waals surface area contributed by atoms with E-state index in [1.54, 1.807) is 0 Å². The Bertz CT molecular complexity index is 364. The Morgan fingerprint density at radius 1 is 1.20 bits per heavy atom. The van der Waals surface area contributed by atoms with E-state index in [1.165, 1.54) is 0 Å². The van der Waals surface area contributed by atoms with Gasteiger partial charge in [-0.2, -0.15) is 0 Å². The van der Waals surface area contributed by atoms with Crippen LogP contribution >= 0.6 is 34.8 Å². The Morgan fingerprint density at radius 2 is 1.67 bits per heavy atom. The zero-order valence-electron chi connectivity index (χ0n) is 8.27. The molecular weight excluding hydrogens is 256 g/mol. The van der Waals surface area contributed by atoms with Crippen molar-refractivity contribution >= 4 is 46.4 Å². The molecule has 0 radical (unpaired) electrons. The SMILES string of the molecule is Cc1cccc(C)c1NC(=O)C(Cl)(Cl)Cl. The smallest absolute Gasteiger partial charge is 0.276 e. The molecule has 15 heavy (non-hydrogen) atoms. The van der Waals surface area contributed by atoms with Crippen LogP contribution in [0.2, 0.25) is 0 Å². The highest BCUT2D eigenvalue weighted by molar-refractivity contribution is 6.76. The highest BCUT2D eigenvalue weighted by Gasteiger charge is 2.31. The van der Waals surface area contributed by atoms with E-state index in [9.17, 15) is 4.79 Å². The third-order valence-corrected chi connectivity index (χ3v) is 2.49. The zero-order valence-corrected chi connectivity index (χ0v) is 10.5. The summed E-state index contributed by atoms with van der Waals surface area (Å²) < 4.78 is -1.94. The van der Waals surface area contributed by atoms with Crippen LogP contribution in [0, 0.1) is 13.8 Å². The lowest BCUT2D eigenvalue weighted by molar-refractivity contribution is -0.115. The van der Waals surface area contributed by atoms with E-state index >= 15 is 0 Å². The molecular formula is C10H10Cl3NO. The standard InChI is InChI=1S/C10H10Cl3NO/c1-6-4-3-5-7(2)8(6)14-9(15)10(11,12)13/h3-5H,1-2H3,(H,14,15). The Morgan fingerprint density at radius 3 is 2.07 bits per heavy atom. The summed E-state index contributed by atoms with van der Waals surface area (Å²) in [6.07, 6.45) is 0. The molecule has 1 aromatic rings. The second-order valence-electron chi connectivity index (χ2n) is 3.22. The zero-order chi connectivity index (χ0) is 11.6. The molecule has 0 saturated heterocycles. The molecule has 0 atom stereocenters. The van der Waals surface area contributed by atoms with Crippen molar-refractivity contribution in [2.75, 3.05) is 5.32 Å². The molecule has 1 aromatic carbocycles. The largest absolute Gasteiger partial charge is 0.322 e. The number of carbonyl (C=O) groups is 1. The van der Waals surface area contributed by atoms with Gasteiger partial charge in [-0.3, -0.25) is 4.79 Å². The molecule has 1 N–H and O–H groups in total. The van der Waals surface area contributed by atoms with E-state index in [1.807, 2.05) is 32.0 Å². The lowest BCUT2D eigenvalue weighted by Gasteiger charge is -2.15. The van der Waals surface area contributed by atoms with Crippen LogP contribution in [0.5, 0.6) is 0 Å². The maximum absolute atomic E-state index is 11.4. The number of hydrogen-bond acceptors (Lipinski definition) is 1. The van der Waals surface area contributed by atoms with Gasteiger partial charge >= 0.3 is 0 Å². The maximum atomic E-state index is 11.4. The number of para-hydroxylation sites is 1. The first-order chi connectivity index (χ1) is 6.82. The number of nitrogens with one attached hydrogen (secondary N) is 1. The first-order valence-corrected chi connectivity index (χ1v) is 5.40. The molecule has 0 aliphatic carbocycles. The monoisotopic (exact) mass is 265 g/mol. The van der Waals surface area contributed by atoms with Gasteiger partial charge in [0.05, 0.1) is 0 Å². The van der Waals surface area contributed by atoms with Crippen molar-refractivity contribution in [1.29, 1.82) is 0 Å². The van der Waals surface area contributed by atoms with Crippen molar-refractivity contribution in [3.8, 4) is 0 Å². The van der Waals surface area contributed by atoms with E-state index in [0.29, 0.717) is 5.69 Å². The number of benzene rings is 1. The minimum Gasteiger partial charge on any atom is -0.322 e. The predicted octanol–water partition coefficient (Wildman–Crippen LogP) is 3.61. The Kier molecular flexibility index (Phi) is 3.87. The van der Waals surface area contributed by atoms with Crippen LogP contribution in [-0.4, -0.2) is 9.70 Å². The second kappa shape index (κ2) is 4.60. The van der Waals surface area contributed by atoms with Crippen LogP contribution in [-0.2, 0) is 4.79 Å². The summed E-state index contributed by atoms with van der Waals surface area (Å²) in [5.74, 6) is -0.648. The molecule has 0 aliphatic heterocycles. The average Bonchev–Trinajstić information content (AvgIpc) is 2.09. The van der Waals surface area contributed by atoms with Gasteiger partial charge in [-0.25, -0.2) is 0 Å². The quantitative estimate of drug-likeness (QED) is 0.773. The molecule has 0 spiro atoms. The molecule has 0 saturated carbocycles. The van der Waals surface area contributed by atoms with Crippen LogP contribution in [0.3, 0.4) is 0 Å². The van der Waals surface area contributed by atoms with Gasteiger partial charge in [0.25, 0.3) is 9.70 Å². The molecule has 2 nitrogen and oxygen atoms in total. The molecule has 1 amide bonds. The second-order valence-corrected chi connectivity index (χ2v) is 5.50. The summed E-state index contributed by atoms with van der Waals surface area (Å²) in [6.45, 7) is 3.75. The number of rotatable bonds is 1. The van der Waals surface area contributed by atoms with Gasteiger partial charge in [0, 0.05) is 5.69 Å². The number of aryl methyl sites for hydroxylation is 2. The molecule has 0 aromatic heterocycles. The lowest BCUT2D eigenvalue weighted by Crippen LogP contribution is -2.27. The van der Waals surface area contributed by atoms with Gasteiger partial charge in [-0.15, -0.1) is 0 Å². The summed E-state index contributed by atoms with van der Waals surface area (Å²) in [7, 11) is 0. The summed E-state index contributed by atoms with van der Waals surface area (Å²) >= 11 is 16.4. The van der Waals surface area contributed by atoms with Crippen molar-refractivity contribution < 1.29 is 4.79 Å². The molecule has 0 bridgehead atoms. The number of carbonyl (C=O) groups excluding carboxylic acids is 1. The molecule has 0 aliphatic rings. The van der Waals surface area contributed by atoms with Crippen LogP contribution < -0.4 is 5.32 Å². The van der Waals surface area contributed by atoms with Gasteiger partial charge < -0.3 is 5.32 Å². The fraction of sp³-hybridized carbons (Fsp3) is 0.300. The first-order valence-electron chi connectivity index (χ1n) is 4.27. The van der Waals surface area contributed by atoms with Crippen molar-refractivity contribution in [1.82, 2.24) is 0 Å². The van der Waals surface area contributed by atoms with Crippen molar-refractivity contribution in [3.05, 3.63) is 29.3 Å². The van der Waals surface area contributed by atoms with E-state index in [0.717, 1.165) is 11.1 Å².